The Bertz CT molecular complexity index is 1100. The molecule has 0 unspecified atom stereocenters. The summed E-state index contributed by atoms with van der Waals surface area (Å²) in [6, 6.07) is 17.4. The zero-order chi connectivity index (χ0) is 20.9. The number of H-pyrrole nitrogens is 1. The Hall–Kier alpha value is -3.67. The quantitative estimate of drug-likeness (QED) is 0.487. The van der Waals surface area contributed by atoms with Crippen LogP contribution in [0.3, 0.4) is 0 Å². The summed E-state index contributed by atoms with van der Waals surface area (Å²) in [5, 5.41) is 2.98. The average Bonchev–Trinajstić information content (AvgIpc) is 3.14. The van der Waals surface area contributed by atoms with E-state index in [9.17, 15) is 4.79 Å². The van der Waals surface area contributed by atoms with E-state index in [1.54, 1.807) is 17.3 Å². The van der Waals surface area contributed by atoms with Crippen molar-refractivity contribution >= 4 is 22.8 Å². The summed E-state index contributed by atoms with van der Waals surface area (Å²) in [6.07, 6.45) is 4.15. The second kappa shape index (κ2) is 8.78. The van der Waals surface area contributed by atoms with E-state index in [4.69, 9.17) is 4.98 Å². The van der Waals surface area contributed by atoms with Crippen molar-refractivity contribution in [1.82, 2.24) is 19.9 Å². The van der Waals surface area contributed by atoms with E-state index in [1.165, 1.54) is 11.1 Å². The highest BCUT2D eigenvalue weighted by Gasteiger charge is 2.16. The molecule has 152 valence electrons. The number of carbonyl (C=O) groups is 1. The number of pyridine rings is 1. The molecule has 0 saturated heterocycles. The molecule has 6 heteroatoms. The number of nitrogens with zero attached hydrogens (tertiary/aromatic N) is 3. The van der Waals surface area contributed by atoms with Crippen LogP contribution in [0.1, 0.15) is 22.5 Å². The Morgan fingerprint density at radius 3 is 2.63 bits per heavy atom. The van der Waals surface area contributed by atoms with Crippen molar-refractivity contribution in [2.45, 2.75) is 26.8 Å². The van der Waals surface area contributed by atoms with Gasteiger partial charge in [-0.3, -0.25) is 4.98 Å². The smallest absolute Gasteiger partial charge is 0.322 e. The minimum absolute atomic E-state index is 0.146. The molecule has 2 amide bonds. The van der Waals surface area contributed by atoms with E-state index in [0.717, 1.165) is 28.1 Å². The highest BCUT2D eigenvalue weighted by Crippen LogP contribution is 2.18. The Labute approximate surface area is 176 Å². The lowest BCUT2D eigenvalue weighted by atomic mass is 10.1. The van der Waals surface area contributed by atoms with Gasteiger partial charge in [0.05, 0.1) is 11.0 Å². The predicted octanol–water partition coefficient (Wildman–Crippen LogP) is 4.85. The lowest BCUT2D eigenvalue weighted by Crippen LogP contribution is -2.36. The third-order valence-corrected chi connectivity index (χ3v) is 5.17. The number of urea groups is 1. The van der Waals surface area contributed by atoms with E-state index < -0.39 is 0 Å². The lowest BCUT2D eigenvalue weighted by molar-refractivity contribution is 0.209. The summed E-state index contributed by atoms with van der Waals surface area (Å²) in [7, 11) is 0. The number of imidazole rings is 1. The number of amides is 2. The van der Waals surface area contributed by atoms with Gasteiger partial charge >= 0.3 is 6.03 Å². The molecule has 0 aliphatic heterocycles. The SMILES string of the molecule is Cc1cc2nc(CCN(Cc3cccnc3)C(=O)Nc3ccccc3)[nH]c2cc1C. The summed E-state index contributed by atoms with van der Waals surface area (Å²) in [6.45, 7) is 5.20. The second-order valence-corrected chi connectivity index (χ2v) is 7.47. The first-order valence-corrected chi connectivity index (χ1v) is 10.0. The third-order valence-electron chi connectivity index (χ3n) is 5.17. The number of aryl methyl sites for hydroxylation is 2. The zero-order valence-electron chi connectivity index (χ0n) is 17.2. The number of benzene rings is 2. The molecule has 4 rings (SSSR count). The fourth-order valence-electron chi connectivity index (χ4n) is 3.37. The van der Waals surface area contributed by atoms with Gasteiger partial charge in [-0.05, 0) is 60.9 Å². The van der Waals surface area contributed by atoms with E-state index >= 15 is 0 Å². The molecule has 6 nitrogen and oxygen atoms in total. The van der Waals surface area contributed by atoms with Gasteiger partial charge in [-0.2, -0.15) is 0 Å². The maximum atomic E-state index is 13.0. The van der Waals surface area contributed by atoms with Crippen LogP contribution in [0.2, 0.25) is 0 Å². The Morgan fingerprint density at radius 2 is 1.87 bits per heavy atom. The molecule has 2 aromatic heterocycles. The van der Waals surface area contributed by atoms with Crippen molar-refractivity contribution in [1.29, 1.82) is 0 Å². The number of para-hydroxylation sites is 1. The van der Waals surface area contributed by atoms with Gasteiger partial charge in [-0.15, -0.1) is 0 Å². The molecular weight excluding hydrogens is 374 g/mol. The standard InChI is InChI=1S/C24H25N5O/c1-17-13-21-22(14-18(17)2)28-23(27-21)10-12-29(16-19-7-6-11-25-15-19)24(30)26-20-8-4-3-5-9-20/h3-9,11,13-15H,10,12,16H2,1-2H3,(H,26,30)(H,27,28). The fourth-order valence-corrected chi connectivity index (χ4v) is 3.37. The van der Waals surface area contributed by atoms with Gasteiger partial charge in [0.2, 0.25) is 0 Å². The van der Waals surface area contributed by atoms with Crippen LogP contribution in [-0.4, -0.2) is 32.4 Å². The largest absolute Gasteiger partial charge is 0.342 e. The van der Waals surface area contributed by atoms with Gasteiger partial charge in [0, 0.05) is 37.6 Å². The Kier molecular flexibility index (Phi) is 5.75. The van der Waals surface area contributed by atoms with Crippen LogP contribution in [0.15, 0.2) is 67.0 Å². The minimum atomic E-state index is -0.146. The molecule has 0 aliphatic rings. The minimum Gasteiger partial charge on any atom is -0.342 e. The number of hydrogen-bond donors (Lipinski definition) is 2. The van der Waals surface area contributed by atoms with Gasteiger partial charge in [0.25, 0.3) is 0 Å². The number of nitrogens with one attached hydrogen (secondary N) is 2. The fraction of sp³-hybridized carbons (Fsp3) is 0.208. The van der Waals surface area contributed by atoms with Crippen LogP contribution in [-0.2, 0) is 13.0 Å². The van der Waals surface area contributed by atoms with Crippen LogP contribution in [0.25, 0.3) is 11.0 Å². The van der Waals surface area contributed by atoms with Gasteiger partial charge in [-0.25, -0.2) is 9.78 Å². The monoisotopic (exact) mass is 399 g/mol. The molecule has 0 aliphatic carbocycles. The summed E-state index contributed by atoms with van der Waals surface area (Å²) in [5.41, 5.74) is 6.20. The molecule has 4 aromatic rings. The van der Waals surface area contributed by atoms with Crippen LogP contribution < -0.4 is 5.32 Å². The molecule has 30 heavy (non-hydrogen) atoms. The first-order chi connectivity index (χ1) is 14.6. The molecule has 0 atom stereocenters. The van der Waals surface area contributed by atoms with Gasteiger partial charge in [-0.1, -0.05) is 24.3 Å². The summed E-state index contributed by atoms with van der Waals surface area (Å²) in [5.74, 6) is 0.874. The van der Waals surface area contributed by atoms with Crippen LogP contribution in [0.4, 0.5) is 10.5 Å². The van der Waals surface area contributed by atoms with Crippen LogP contribution in [0.5, 0.6) is 0 Å². The molecule has 2 aromatic carbocycles. The number of carbonyl (C=O) groups excluding carboxylic acids is 1. The van der Waals surface area contributed by atoms with E-state index in [0.29, 0.717) is 19.5 Å². The van der Waals surface area contributed by atoms with E-state index in [1.807, 2.05) is 42.5 Å². The number of rotatable bonds is 6. The Morgan fingerprint density at radius 1 is 1.07 bits per heavy atom. The predicted molar refractivity (Wildman–Crippen MR) is 119 cm³/mol. The van der Waals surface area contributed by atoms with Crippen molar-refractivity contribution in [3.05, 3.63) is 89.5 Å². The number of fused-ring (bicyclic) bond motifs is 1. The highest BCUT2D eigenvalue weighted by atomic mass is 16.2. The van der Waals surface area contributed by atoms with Gasteiger partial charge < -0.3 is 15.2 Å². The van der Waals surface area contributed by atoms with Crippen molar-refractivity contribution in [3.8, 4) is 0 Å². The first kappa shape index (κ1) is 19.6. The maximum absolute atomic E-state index is 13.0. The number of aromatic nitrogens is 3. The van der Waals surface area contributed by atoms with Crippen molar-refractivity contribution in [2.24, 2.45) is 0 Å². The topological polar surface area (TPSA) is 73.9 Å². The lowest BCUT2D eigenvalue weighted by Gasteiger charge is -2.23. The number of hydrogen-bond acceptors (Lipinski definition) is 3. The van der Waals surface area contributed by atoms with Gasteiger partial charge in [0.15, 0.2) is 0 Å². The molecule has 0 fully saturated rings. The highest BCUT2D eigenvalue weighted by molar-refractivity contribution is 5.89. The summed E-state index contributed by atoms with van der Waals surface area (Å²) < 4.78 is 0. The number of anilines is 1. The number of aromatic amines is 1. The van der Waals surface area contributed by atoms with E-state index in [-0.39, 0.29) is 6.03 Å². The maximum Gasteiger partial charge on any atom is 0.322 e. The molecule has 0 bridgehead atoms. The van der Waals surface area contributed by atoms with Crippen LogP contribution >= 0.6 is 0 Å². The van der Waals surface area contributed by atoms with Gasteiger partial charge in [0.1, 0.15) is 5.82 Å². The van der Waals surface area contributed by atoms with E-state index in [2.05, 4.69) is 41.3 Å². The second-order valence-electron chi connectivity index (χ2n) is 7.47. The third kappa shape index (κ3) is 4.66. The molecule has 0 spiro atoms. The summed E-state index contributed by atoms with van der Waals surface area (Å²) in [4.78, 5) is 27.0. The van der Waals surface area contributed by atoms with Crippen molar-refractivity contribution in [2.75, 3.05) is 11.9 Å². The van der Waals surface area contributed by atoms with Crippen LogP contribution in [0, 0.1) is 13.8 Å². The zero-order valence-corrected chi connectivity index (χ0v) is 17.2. The molecule has 0 saturated carbocycles. The molecule has 0 radical (unpaired) electrons. The van der Waals surface area contributed by atoms with Crippen molar-refractivity contribution < 1.29 is 4.79 Å². The first-order valence-electron chi connectivity index (χ1n) is 10.0. The Balaban J connectivity index is 1.51. The molecule has 2 heterocycles. The molecule has 2 N–H and O–H groups in total. The normalized spacial score (nSPS) is 10.9. The summed E-state index contributed by atoms with van der Waals surface area (Å²) >= 11 is 0. The van der Waals surface area contributed by atoms with Crippen molar-refractivity contribution in [3.63, 3.8) is 0 Å². The average molecular weight is 399 g/mol. The molecular formula is C24H25N5O.